The zero-order valence-corrected chi connectivity index (χ0v) is 9.58. The number of carboxylic acids is 1. The molecule has 1 rings (SSSR count). The fourth-order valence-electron chi connectivity index (χ4n) is 0.929. The number of benzene rings is 1. The van der Waals surface area contributed by atoms with Crippen LogP contribution in [0.2, 0.25) is 0 Å². The molecular weight excluding hydrogens is 298 g/mol. The standard InChI is InChI=1S/C10H8FIO2/c1-6-8(11)4-7(5-9(6)12)2-3-10(13)14/h2-5H,1H3,(H,13,14)/b3-2+. The Kier molecular flexibility index (Phi) is 3.62. The third kappa shape index (κ3) is 2.80. The highest BCUT2D eigenvalue weighted by molar-refractivity contribution is 14.1. The maximum absolute atomic E-state index is 13.2. The van der Waals surface area contributed by atoms with Crippen molar-refractivity contribution in [2.24, 2.45) is 0 Å². The van der Waals surface area contributed by atoms with Gasteiger partial charge in [0.2, 0.25) is 0 Å². The summed E-state index contributed by atoms with van der Waals surface area (Å²) in [7, 11) is 0. The molecule has 1 N–H and O–H groups in total. The lowest BCUT2D eigenvalue weighted by atomic mass is 10.1. The van der Waals surface area contributed by atoms with Gasteiger partial charge in [0.15, 0.2) is 0 Å². The fourth-order valence-corrected chi connectivity index (χ4v) is 1.55. The summed E-state index contributed by atoms with van der Waals surface area (Å²) in [5, 5.41) is 8.39. The van der Waals surface area contributed by atoms with E-state index in [0.29, 0.717) is 11.1 Å². The van der Waals surface area contributed by atoms with E-state index in [1.165, 1.54) is 12.1 Å². The van der Waals surface area contributed by atoms with Crippen LogP contribution in [0.25, 0.3) is 6.08 Å². The van der Waals surface area contributed by atoms with E-state index in [9.17, 15) is 9.18 Å². The number of halogens is 2. The lowest BCUT2D eigenvalue weighted by Gasteiger charge is -2.01. The lowest BCUT2D eigenvalue weighted by molar-refractivity contribution is -0.131. The van der Waals surface area contributed by atoms with E-state index in [0.717, 1.165) is 9.65 Å². The predicted molar refractivity (Wildman–Crippen MR) is 60.5 cm³/mol. The first kappa shape index (κ1) is 11.2. The van der Waals surface area contributed by atoms with Crippen LogP contribution in [0.15, 0.2) is 18.2 Å². The number of aliphatic carboxylic acids is 1. The van der Waals surface area contributed by atoms with E-state index in [4.69, 9.17) is 5.11 Å². The summed E-state index contributed by atoms with van der Waals surface area (Å²) < 4.78 is 14.0. The Balaban J connectivity index is 3.07. The maximum Gasteiger partial charge on any atom is 0.328 e. The monoisotopic (exact) mass is 306 g/mol. The molecule has 14 heavy (non-hydrogen) atoms. The summed E-state index contributed by atoms with van der Waals surface area (Å²) in [6.07, 6.45) is 2.35. The highest BCUT2D eigenvalue weighted by Crippen LogP contribution is 2.18. The zero-order chi connectivity index (χ0) is 10.7. The van der Waals surface area contributed by atoms with Gasteiger partial charge in [-0.1, -0.05) is 0 Å². The first-order valence-corrected chi connectivity index (χ1v) is 4.95. The number of carbonyl (C=O) groups is 1. The average molecular weight is 306 g/mol. The summed E-state index contributed by atoms with van der Waals surface area (Å²) in [5.41, 5.74) is 1.14. The lowest BCUT2D eigenvalue weighted by Crippen LogP contribution is -1.90. The van der Waals surface area contributed by atoms with Crippen molar-refractivity contribution in [1.29, 1.82) is 0 Å². The molecule has 0 heterocycles. The Morgan fingerprint density at radius 2 is 2.21 bits per heavy atom. The van der Waals surface area contributed by atoms with Crippen molar-refractivity contribution >= 4 is 34.6 Å². The van der Waals surface area contributed by atoms with Crippen LogP contribution in [0.1, 0.15) is 11.1 Å². The van der Waals surface area contributed by atoms with Gasteiger partial charge in [-0.05, 0) is 58.9 Å². The van der Waals surface area contributed by atoms with Gasteiger partial charge in [-0.25, -0.2) is 9.18 Å². The van der Waals surface area contributed by atoms with E-state index < -0.39 is 5.97 Å². The maximum atomic E-state index is 13.2. The molecule has 0 aliphatic rings. The molecule has 4 heteroatoms. The van der Waals surface area contributed by atoms with Crippen molar-refractivity contribution in [3.63, 3.8) is 0 Å². The van der Waals surface area contributed by atoms with Crippen molar-refractivity contribution in [1.82, 2.24) is 0 Å². The van der Waals surface area contributed by atoms with Gasteiger partial charge in [0.25, 0.3) is 0 Å². The molecule has 1 aromatic carbocycles. The van der Waals surface area contributed by atoms with Crippen molar-refractivity contribution in [3.05, 3.63) is 38.7 Å². The molecule has 0 saturated heterocycles. The molecule has 74 valence electrons. The molecule has 0 spiro atoms. The van der Waals surface area contributed by atoms with Gasteiger partial charge in [0.1, 0.15) is 5.82 Å². The number of rotatable bonds is 2. The van der Waals surface area contributed by atoms with Gasteiger partial charge in [-0.2, -0.15) is 0 Å². The third-order valence-electron chi connectivity index (χ3n) is 1.72. The molecule has 0 aliphatic carbocycles. The topological polar surface area (TPSA) is 37.3 Å². The largest absolute Gasteiger partial charge is 0.478 e. The summed E-state index contributed by atoms with van der Waals surface area (Å²) in [5.74, 6) is -1.36. The molecule has 0 amide bonds. The van der Waals surface area contributed by atoms with E-state index >= 15 is 0 Å². The van der Waals surface area contributed by atoms with Crippen molar-refractivity contribution in [2.45, 2.75) is 6.92 Å². The van der Waals surface area contributed by atoms with Gasteiger partial charge < -0.3 is 5.11 Å². The third-order valence-corrected chi connectivity index (χ3v) is 2.84. The van der Waals surface area contributed by atoms with Crippen LogP contribution >= 0.6 is 22.6 Å². The van der Waals surface area contributed by atoms with Crippen LogP contribution in [-0.4, -0.2) is 11.1 Å². The van der Waals surface area contributed by atoms with E-state index in [1.807, 2.05) is 22.6 Å². The van der Waals surface area contributed by atoms with Gasteiger partial charge in [0, 0.05) is 9.65 Å². The van der Waals surface area contributed by atoms with E-state index in [2.05, 4.69) is 0 Å². The number of hydrogen-bond donors (Lipinski definition) is 1. The summed E-state index contributed by atoms with van der Waals surface area (Å²) in [4.78, 5) is 10.2. The second kappa shape index (κ2) is 4.54. The Bertz CT molecular complexity index is 376. The van der Waals surface area contributed by atoms with Gasteiger partial charge in [-0.3, -0.25) is 0 Å². The number of carboxylic acid groups (broad SMARTS) is 1. The Morgan fingerprint density at radius 3 is 2.71 bits per heavy atom. The first-order chi connectivity index (χ1) is 6.50. The second-order valence-electron chi connectivity index (χ2n) is 2.78. The Labute approximate surface area is 94.6 Å². The fraction of sp³-hybridized carbons (Fsp3) is 0.100. The summed E-state index contributed by atoms with van der Waals surface area (Å²) in [6.45, 7) is 1.68. The van der Waals surface area contributed by atoms with Crippen molar-refractivity contribution < 1.29 is 14.3 Å². The second-order valence-corrected chi connectivity index (χ2v) is 3.94. The smallest absolute Gasteiger partial charge is 0.328 e. The summed E-state index contributed by atoms with van der Waals surface area (Å²) >= 11 is 2.01. The van der Waals surface area contributed by atoms with Gasteiger partial charge in [-0.15, -0.1) is 0 Å². The molecule has 2 nitrogen and oxygen atoms in total. The van der Waals surface area contributed by atoms with E-state index in [-0.39, 0.29) is 5.82 Å². The van der Waals surface area contributed by atoms with Gasteiger partial charge in [0.05, 0.1) is 0 Å². The minimum Gasteiger partial charge on any atom is -0.478 e. The summed E-state index contributed by atoms with van der Waals surface area (Å²) in [6, 6.07) is 3.05. The zero-order valence-electron chi connectivity index (χ0n) is 7.42. The van der Waals surface area contributed by atoms with Crippen molar-refractivity contribution in [3.8, 4) is 0 Å². The molecule has 1 aromatic rings. The van der Waals surface area contributed by atoms with Crippen LogP contribution < -0.4 is 0 Å². The van der Waals surface area contributed by atoms with Gasteiger partial charge >= 0.3 is 5.97 Å². The molecule has 0 bridgehead atoms. The quantitative estimate of drug-likeness (QED) is 0.674. The molecule has 0 aliphatic heterocycles. The first-order valence-electron chi connectivity index (χ1n) is 3.87. The minimum atomic E-state index is -1.04. The molecule has 0 aromatic heterocycles. The Hall–Kier alpha value is -0.910. The van der Waals surface area contributed by atoms with Crippen LogP contribution in [0.5, 0.6) is 0 Å². The van der Waals surface area contributed by atoms with Crippen LogP contribution in [0, 0.1) is 16.3 Å². The molecule has 0 atom stereocenters. The normalized spacial score (nSPS) is 10.8. The van der Waals surface area contributed by atoms with Crippen LogP contribution in [0.4, 0.5) is 4.39 Å². The average Bonchev–Trinajstić information content (AvgIpc) is 2.10. The molecule has 0 unspecified atom stereocenters. The highest BCUT2D eigenvalue weighted by Gasteiger charge is 2.03. The highest BCUT2D eigenvalue weighted by atomic mass is 127. The van der Waals surface area contributed by atoms with Crippen LogP contribution in [-0.2, 0) is 4.79 Å². The van der Waals surface area contributed by atoms with E-state index in [1.54, 1.807) is 13.0 Å². The molecule has 0 saturated carbocycles. The SMILES string of the molecule is Cc1c(F)cc(/C=C/C(=O)O)cc1I. The Morgan fingerprint density at radius 1 is 1.57 bits per heavy atom. The number of hydrogen-bond acceptors (Lipinski definition) is 1. The molecule has 0 radical (unpaired) electrons. The molecule has 0 fully saturated rings. The minimum absolute atomic E-state index is 0.318. The predicted octanol–water partition coefficient (Wildman–Crippen LogP) is 2.84. The van der Waals surface area contributed by atoms with Crippen LogP contribution in [0.3, 0.4) is 0 Å². The molecular formula is C10H8FIO2. The van der Waals surface area contributed by atoms with Crippen molar-refractivity contribution in [2.75, 3.05) is 0 Å².